The van der Waals surface area contributed by atoms with Crippen LogP contribution in [0.2, 0.25) is 5.02 Å². The minimum atomic E-state index is -0.256. The Balaban J connectivity index is 1.59. The summed E-state index contributed by atoms with van der Waals surface area (Å²) in [6.07, 6.45) is 5.35. The fraction of sp³-hybridized carbons (Fsp3) is 0.286. The van der Waals surface area contributed by atoms with E-state index in [1.165, 1.54) is 6.08 Å². The van der Waals surface area contributed by atoms with E-state index in [4.69, 9.17) is 25.8 Å². The van der Waals surface area contributed by atoms with Gasteiger partial charge in [0.2, 0.25) is 5.91 Å². The summed E-state index contributed by atoms with van der Waals surface area (Å²) in [6.45, 7) is 1.32. The molecule has 1 N–H and O–H groups in total. The van der Waals surface area contributed by atoms with Crippen molar-refractivity contribution in [1.29, 1.82) is 0 Å². The van der Waals surface area contributed by atoms with Crippen molar-refractivity contribution in [2.45, 2.75) is 18.9 Å². The van der Waals surface area contributed by atoms with Crippen LogP contribution in [0.25, 0.3) is 6.08 Å². The molecule has 2 aromatic rings. The molecule has 1 saturated heterocycles. The zero-order chi connectivity index (χ0) is 19.1. The monoisotopic (exact) mass is 387 g/mol. The Hall–Kier alpha value is -2.50. The van der Waals surface area contributed by atoms with E-state index < -0.39 is 0 Å². The molecule has 1 unspecified atom stereocenters. The minimum absolute atomic E-state index is 0.152. The van der Waals surface area contributed by atoms with Gasteiger partial charge in [-0.3, -0.25) is 4.79 Å². The molecule has 0 aliphatic carbocycles. The number of methoxy groups -OCH3 is 1. The second-order valence-corrected chi connectivity index (χ2v) is 6.62. The van der Waals surface area contributed by atoms with E-state index in [2.05, 4.69) is 5.32 Å². The molecule has 0 bridgehead atoms. The van der Waals surface area contributed by atoms with Gasteiger partial charge in [-0.15, -0.1) is 0 Å². The summed E-state index contributed by atoms with van der Waals surface area (Å²) in [5, 5.41) is 3.40. The highest BCUT2D eigenvalue weighted by molar-refractivity contribution is 6.30. The fourth-order valence-corrected chi connectivity index (χ4v) is 2.99. The number of nitrogens with one attached hydrogen (secondary N) is 1. The number of halogens is 1. The van der Waals surface area contributed by atoms with Gasteiger partial charge in [0.05, 0.1) is 13.2 Å². The lowest BCUT2D eigenvalue weighted by Gasteiger charge is -2.12. The summed E-state index contributed by atoms with van der Waals surface area (Å²) in [5.41, 5.74) is 1.39. The molecule has 1 atom stereocenters. The molecule has 1 heterocycles. The Kier molecular flexibility index (Phi) is 6.74. The Bertz CT molecular complexity index is 816. The first-order valence-electron chi connectivity index (χ1n) is 8.81. The van der Waals surface area contributed by atoms with Crippen molar-refractivity contribution in [3.05, 3.63) is 59.1 Å². The summed E-state index contributed by atoms with van der Waals surface area (Å²) < 4.78 is 16.6. The van der Waals surface area contributed by atoms with E-state index in [-0.39, 0.29) is 12.0 Å². The summed E-state index contributed by atoms with van der Waals surface area (Å²) in [5.74, 6) is 1.09. The Labute approximate surface area is 163 Å². The largest absolute Gasteiger partial charge is 0.496 e. The van der Waals surface area contributed by atoms with Crippen LogP contribution in [0, 0.1) is 0 Å². The molecule has 2 aromatic carbocycles. The first-order valence-corrected chi connectivity index (χ1v) is 9.19. The maximum Gasteiger partial charge on any atom is 0.248 e. The van der Waals surface area contributed by atoms with Crippen molar-refractivity contribution in [1.82, 2.24) is 0 Å². The van der Waals surface area contributed by atoms with Crippen molar-refractivity contribution in [2.24, 2.45) is 0 Å². The number of carbonyl (C=O) groups excluding carboxylic acids is 1. The highest BCUT2D eigenvalue weighted by Gasteiger charge is 2.16. The van der Waals surface area contributed by atoms with Crippen molar-refractivity contribution in [3.8, 4) is 11.5 Å². The lowest BCUT2D eigenvalue weighted by Crippen LogP contribution is -2.16. The van der Waals surface area contributed by atoms with Gasteiger partial charge in [0.1, 0.15) is 18.1 Å². The molecule has 0 spiro atoms. The molecule has 0 aromatic heterocycles. The first kappa shape index (κ1) is 19.3. The molecule has 1 amide bonds. The quantitative estimate of drug-likeness (QED) is 0.707. The average Bonchev–Trinajstić information content (AvgIpc) is 3.19. The topological polar surface area (TPSA) is 56.8 Å². The number of ether oxygens (including phenoxy) is 3. The highest BCUT2D eigenvalue weighted by Crippen LogP contribution is 2.24. The summed E-state index contributed by atoms with van der Waals surface area (Å²) in [6, 6.07) is 12.5. The van der Waals surface area contributed by atoms with E-state index >= 15 is 0 Å². The van der Waals surface area contributed by atoms with E-state index in [0.29, 0.717) is 28.8 Å². The molecular formula is C21H22ClNO4. The van der Waals surface area contributed by atoms with E-state index in [1.54, 1.807) is 37.5 Å². The van der Waals surface area contributed by atoms with E-state index in [0.717, 1.165) is 25.0 Å². The first-order chi connectivity index (χ1) is 13.1. The van der Waals surface area contributed by atoms with Crippen molar-refractivity contribution >= 4 is 29.3 Å². The van der Waals surface area contributed by atoms with Crippen LogP contribution in [0.4, 0.5) is 5.69 Å². The molecule has 5 nitrogen and oxygen atoms in total. The third kappa shape index (κ3) is 5.74. The van der Waals surface area contributed by atoms with Crippen molar-refractivity contribution < 1.29 is 19.0 Å². The van der Waals surface area contributed by atoms with Gasteiger partial charge >= 0.3 is 0 Å². The second kappa shape index (κ2) is 9.44. The zero-order valence-corrected chi connectivity index (χ0v) is 15.9. The van der Waals surface area contributed by atoms with Crippen LogP contribution in [0.3, 0.4) is 0 Å². The van der Waals surface area contributed by atoms with Gasteiger partial charge in [-0.2, -0.15) is 0 Å². The van der Waals surface area contributed by atoms with Gasteiger partial charge in [0.25, 0.3) is 0 Å². The maximum absolute atomic E-state index is 12.2. The molecule has 6 heteroatoms. The van der Waals surface area contributed by atoms with Crippen LogP contribution in [0.5, 0.6) is 11.5 Å². The summed E-state index contributed by atoms with van der Waals surface area (Å²) in [7, 11) is 1.57. The Morgan fingerprint density at radius 2 is 2.22 bits per heavy atom. The number of amides is 1. The molecule has 0 saturated carbocycles. The molecule has 142 valence electrons. The number of hydrogen-bond acceptors (Lipinski definition) is 4. The molecule has 27 heavy (non-hydrogen) atoms. The fourth-order valence-electron chi connectivity index (χ4n) is 2.81. The van der Waals surface area contributed by atoms with Gasteiger partial charge in [-0.05, 0) is 49.2 Å². The van der Waals surface area contributed by atoms with Crippen molar-refractivity contribution in [2.75, 3.05) is 25.6 Å². The van der Waals surface area contributed by atoms with Gasteiger partial charge in [0, 0.05) is 35.0 Å². The van der Waals surface area contributed by atoms with Crippen LogP contribution >= 0.6 is 11.6 Å². The third-order valence-electron chi connectivity index (χ3n) is 4.17. The predicted molar refractivity (Wildman–Crippen MR) is 107 cm³/mol. The minimum Gasteiger partial charge on any atom is -0.496 e. The predicted octanol–water partition coefficient (Wildman–Crippen LogP) is 4.56. The molecule has 1 aliphatic heterocycles. The van der Waals surface area contributed by atoms with E-state index in [1.807, 2.05) is 18.2 Å². The number of carbonyl (C=O) groups is 1. The lowest BCUT2D eigenvalue weighted by molar-refractivity contribution is -0.111. The van der Waals surface area contributed by atoms with Gasteiger partial charge in [-0.25, -0.2) is 0 Å². The van der Waals surface area contributed by atoms with Crippen LogP contribution in [0.1, 0.15) is 18.4 Å². The average molecular weight is 388 g/mol. The Morgan fingerprint density at radius 3 is 3.00 bits per heavy atom. The molecule has 1 aliphatic rings. The van der Waals surface area contributed by atoms with Crippen LogP contribution in [0.15, 0.2) is 48.5 Å². The summed E-state index contributed by atoms with van der Waals surface area (Å²) in [4.78, 5) is 12.2. The van der Waals surface area contributed by atoms with Gasteiger partial charge in [-0.1, -0.05) is 17.7 Å². The van der Waals surface area contributed by atoms with Crippen LogP contribution in [-0.4, -0.2) is 32.3 Å². The van der Waals surface area contributed by atoms with Crippen LogP contribution < -0.4 is 14.8 Å². The van der Waals surface area contributed by atoms with Gasteiger partial charge in [0.15, 0.2) is 0 Å². The number of rotatable bonds is 7. The second-order valence-electron chi connectivity index (χ2n) is 6.18. The Morgan fingerprint density at radius 1 is 1.33 bits per heavy atom. The SMILES string of the molecule is COc1ccc(Cl)cc1/C=C/C(=O)Nc1cccc(OCC2CCCO2)c1. The third-order valence-corrected chi connectivity index (χ3v) is 4.40. The molecule has 3 rings (SSSR count). The molecule has 0 radical (unpaired) electrons. The van der Waals surface area contributed by atoms with Crippen LogP contribution in [-0.2, 0) is 9.53 Å². The number of hydrogen-bond donors (Lipinski definition) is 1. The normalized spacial score (nSPS) is 16.4. The zero-order valence-electron chi connectivity index (χ0n) is 15.1. The standard InChI is InChI=1S/C21H22ClNO4/c1-25-20-9-8-16(22)12-15(20)7-10-21(24)23-17-4-2-5-18(13-17)27-14-19-6-3-11-26-19/h2,4-5,7-10,12-13,19H,3,6,11,14H2,1H3,(H,23,24)/b10-7+. The molecular weight excluding hydrogens is 366 g/mol. The van der Waals surface area contributed by atoms with Crippen molar-refractivity contribution in [3.63, 3.8) is 0 Å². The smallest absolute Gasteiger partial charge is 0.248 e. The maximum atomic E-state index is 12.2. The lowest BCUT2D eigenvalue weighted by atomic mass is 10.2. The summed E-state index contributed by atoms with van der Waals surface area (Å²) >= 11 is 6.00. The van der Waals surface area contributed by atoms with E-state index in [9.17, 15) is 4.79 Å². The number of anilines is 1. The van der Waals surface area contributed by atoms with Gasteiger partial charge < -0.3 is 19.5 Å². The number of benzene rings is 2. The molecule has 1 fully saturated rings. The highest BCUT2D eigenvalue weighted by atomic mass is 35.5.